The van der Waals surface area contributed by atoms with Crippen molar-refractivity contribution in [3.05, 3.63) is 80.8 Å². The van der Waals surface area contributed by atoms with Crippen LogP contribution < -0.4 is 0 Å². The molecule has 3 heteroatoms. The van der Waals surface area contributed by atoms with Crippen LogP contribution in [0.2, 0.25) is 10.0 Å². The molecule has 0 radical (unpaired) electrons. The third kappa shape index (κ3) is 4.37. The fourth-order valence-electron chi connectivity index (χ4n) is 2.86. The number of carbonyl (C=O) groups excluding carboxylic acids is 1. The van der Waals surface area contributed by atoms with Gasteiger partial charge in [-0.3, -0.25) is 4.79 Å². The summed E-state index contributed by atoms with van der Waals surface area (Å²) >= 11 is 11.9. The molecular weight excluding hydrogens is 339 g/mol. The van der Waals surface area contributed by atoms with Crippen molar-refractivity contribution in [1.82, 2.24) is 0 Å². The number of allylic oxidation sites excluding steroid dienone is 2. The van der Waals surface area contributed by atoms with Crippen molar-refractivity contribution >= 4 is 41.1 Å². The molecule has 2 aromatic carbocycles. The summed E-state index contributed by atoms with van der Waals surface area (Å²) in [6.45, 7) is 0. The smallest absolute Gasteiger partial charge is 0.185 e. The Hall–Kier alpha value is -1.83. The van der Waals surface area contributed by atoms with E-state index in [0.29, 0.717) is 10.0 Å². The molecular formula is C21H18Cl2O. The standard InChI is InChI=1S/C21H18Cl2O/c22-19-9-5-15(6-10-19)13-17-3-1-2-4-18(21(17)24)14-16-7-11-20(23)12-8-16/h5-14H,1-4H2/b17-13-,18-14+. The molecule has 1 saturated carbocycles. The minimum absolute atomic E-state index is 0.150. The zero-order chi connectivity index (χ0) is 16.9. The molecule has 0 amide bonds. The van der Waals surface area contributed by atoms with Gasteiger partial charge in [0.25, 0.3) is 0 Å². The molecule has 0 spiro atoms. The van der Waals surface area contributed by atoms with E-state index in [1.807, 2.05) is 60.7 Å². The summed E-state index contributed by atoms with van der Waals surface area (Å²) in [4.78, 5) is 12.9. The lowest BCUT2D eigenvalue weighted by Gasteiger charge is -2.06. The van der Waals surface area contributed by atoms with Crippen molar-refractivity contribution in [2.75, 3.05) is 0 Å². The molecule has 3 rings (SSSR count). The molecule has 0 aliphatic heterocycles. The molecule has 1 aliphatic carbocycles. The second-order valence-electron chi connectivity index (χ2n) is 5.98. The first-order chi connectivity index (χ1) is 11.6. The van der Waals surface area contributed by atoms with E-state index in [2.05, 4.69) is 0 Å². The van der Waals surface area contributed by atoms with Crippen molar-refractivity contribution in [3.63, 3.8) is 0 Å². The summed E-state index contributed by atoms with van der Waals surface area (Å²) in [5.41, 5.74) is 3.76. The van der Waals surface area contributed by atoms with Crippen molar-refractivity contribution in [1.29, 1.82) is 0 Å². The summed E-state index contributed by atoms with van der Waals surface area (Å²) in [6.07, 6.45) is 7.67. The van der Waals surface area contributed by atoms with Crippen molar-refractivity contribution < 1.29 is 4.79 Å². The van der Waals surface area contributed by atoms with E-state index in [1.54, 1.807) is 0 Å². The third-order valence-electron chi connectivity index (χ3n) is 4.15. The Bertz CT molecular complexity index is 716. The first kappa shape index (κ1) is 17.0. The first-order valence-corrected chi connectivity index (χ1v) is 8.84. The van der Waals surface area contributed by atoms with Crippen LogP contribution in [0.1, 0.15) is 36.8 Å². The molecule has 1 fully saturated rings. The predicted molar refractivity (Wildman–Crippen MR) is 102 cm³/mol. The molecule has 24 heavy (non-hydrogen) atoms. The van der Waals surface area contributed by atoms with Gasteiger partial charge >= 0.3 is 0 Å². The van der Waals surface area contributed by atoms with Gasteiger partial charge in [0, 0.05) is 21.2 Å². The molecule has 0 atom stereocenters. The summed E-state index contributed by atoms with van der Waals surface area (Å²) in [6, 6.07) is 15.1. The lowest BCUT2D eigenvalue weighted by molar-refractivity contribution is -0.112. The zero-order valence-electron chi connectivity index (χ0n) is 13.3. The number of hydrogen-bond acceptors (Lipinski definition) is 1. The Morgan fingerprint density at radius 3 is 1.42 bits per heavy atom. The molecule has 0 aromatic heterocycles. The number of rotatable bonds is 2. The summed E-state index contributed by atoms with van der Waals surface area (Å²) in [5.74, 6) is 0.150. The maximum Gasteiger partial charge on any atom is 0.185 e. The fraction of sp³-hybridized carbons (Fsp3) is 0.190. The van der Waals surface area contributed by atoms with Crippen molar-refractivity contribution in [2.24, 2.45) is 0 Å². The number of benzene rings is 2. The van der Waals surface area contributed by atoms with Gasteiger partial charge in [-0.05, 0) is 73.2 Å². The van der Waals surface area contributed by atoms with Crippen LogP contribution in [-0.2, 0) is 4.79 Å². The van der Waals surface area contributed by atoms with Crippen LogP contribution in [0, 0.1) is 0 Å². The highest BCUT2D eigenvalue weighted by Gasteiger charge is 2.18. The highest BCUT2D eigenvalue weighted by molar-refractivity contribution is 6.30. The van der Waals surface area contributed by atoms with Gasteiger partial charge in [-0.1, -0.05) is 47.5 Å². The summed E-state index contributed by atoms with van der Waals surface area (Å²) < 4.78 is 0. The monoisotopic (exact) mass is 356 g/mol. The predicted octanol–water partition coefficient (Wildman–Crippen LogP) is 6.60. The van der Waals surface area contributed by atoms with Gasteiger partial charge in [0.15, 0.2) is 5.78 Å². The fourth-order valence-corrected chi connectivity index (χ4v) is 3.11. The van der Waals surface area contributed by atoms with Gasteiger partial charge in [0.2, 0.25) is 0 Å². The lowest BCUT2D eigenvalue weighted by Crippen LogP contribution is -2.03. The number of Topliss-reactive ketones (excluding diaryl/α,β-unsaturated/α-hetero) is 1. The van der Waals surface area contributed by atoms with Gasteiger partial charge in [0.05, 0.1) is 0 Å². The maximum absolute atomic E-state index is 12.9. The van der Waals surface area contributed by atoms with Crippen molar-refractivity contribution in [2.45, 2.75) is 25.7 Å². The Balaban J connectivity index is 1.90. The van der Waals surface area contributed by atoms with Crippen LogP contribution in [0.25, 0.3) is 12.2 Å². The third-order valence-corrected chi connectivity index (χ3v) is 4.65. The highest BCUT2D eigenvalue weighted by atomic mass is 35.5. The first-order valence-electron chi connectivity index (χ1n) is 8.09. The second kappa shape index (κ2) is 7.83. The molecule has 0 bridgehead atoms. The number of carbonyl (C=O) groups is 1. The normalized spacial score (nSPS) is 18.8. The Kier molecular flexibility index (Phi) is 5.55. The maximum atomic E-state index is 12.9. The molecule has 0 unspecified atom stereocenters. The highest BCUT2D eigenvalue weighted by Crippen LogP contribution is 2.27. The van der Waals surface area contributed by atoms with Gasteiger partial charge in [-0.25, -0.2) is 0 Å². The number of halogens is 2. The van der Waals surface area contributed by atoms with Gasteiger partial charge in [-0.15, -0.1) is 0 Å². The molecule has 2 aromatic rings. The van der Waals surface area contributed by atoms with Crippen molar-refractivity contribution in [3.8, 4) is 0 Å². The molecule has 0 N–H and O–H groups in total. The van der Waals surface area contributed by atoms with Crippen LogP contribution in [-0.4, -0.2) is 5.78 Å². The molecule has 1 aliphatic rings. The van der Waals surface area contributed by atoms with Gasteiger partial charge in [-0.2, -0.15) is 0 Å². The van der Waals surface area contributed by atoms with E-state index < -0.39 is 0 Å². The molecule has 122 valence electrons. The number of hydrogen-bond donors (Lipinski definition) is 0. The second-order valence-corrected chi connectivity index (χ2v) is 6.85. The van der Waals surface area contributed by atoms with E-state index >= 15 is 0 Å². The van der Waals surface area contributed by atoms with E-state index in [-0.39, 0.29) is 5.78 Å². The minimum Gasteiger partial charge on any atom is -0.289 e. The van der Waals surface area contributed by atoms with Crippen LogP contribution in [0.5, 0.6) is 0 Å². The van der Waals surface area contributed by atoms with Crippen LogP contribution in [0.15, 0.2) is 59.7 Å². The number of ketones is 1. The molecule has 0 saturated heterocycles. The Morgan fingerprint density at radius 2 is 1.04 bits per heavy atom. The van der Waals surface area contributed by atoms with E-state index in [1.165, 1.54) is 0 Å². The van der Waals surface area contributed by atoms with E-state index in [9.17, 15) is 4.79 Å². The lowest BCUT2D eigenvalue weighted by atomic mass is 9.98. The topological polar surface area (TPSA) is 17.1 Å². The summed E-state index contributed by atoms with van der Waals surface area (Å²) in [5, 5.41) is 1.40. The van der Waals surface area contributed by atoms with Crippen LogP contribution >= 0.6 is 23.2 Å². The van der Waals surface area contributed by atoms with E-state index in [0.717, 1.165) is 48.0 Å². The Labute approximate surface area is 152 Å². The average Bonchev–Trinajstić information content (AvgIpc) is 2.75. The summed E-state index contributed by atoms with van der Waals surface area (Å²) in [7, 11) is 0. The molecule has 0 heterocycles. The zero-order valence-corrected chi connectivity index (χ0v) is 14.8. The molecule has 1 nitrogen and oxygen atoms in total. The quantitative estimate of drug-likeness (QED) is 0.437. The average molecular weight is 357 g/mol. The minimum atomic E-state index is 0.150. The Morgan fingerprint density at radius 1 is 0.667 bits per heavy atom. The van der Waals surface area contributed by atoms with Gasteiger partial charge in [0.1, 0.15) is 0 Å². The largest absolute Gasteiger partial charge is 0.289 e. The van der Waals surface area contributed by atoms with Crippen LogP contribution in [0.4, 0.5) is 0 Å². The SMILES string of the molecule is O=C1/C(=C\c2ccc(Cl)cc2)CCCC/C1=C\c1ccc(Cl)cc1. The van der Waals surface area contributed by atoms with Gasteiger partial charge < -0.3 is 0 Å². The van der Waals surface area contributed by atoms with E-state index in [4.69, 9.17) is 23.2 Å². The van der Waals surface area contributed by atoms with Crippen LogP contribution in [0.3, 0.4) is 0 Å².